The van der Waals surface area contributed by atoms with E-state index in [0.717, 1.165) is 23.7 Å². The minimum Gasteiger partial charge on any atom is -0.297 e. The van der Waals surface area contributed by atoms with Gasteiger partial charge < -0.3 is 0 Å². The van der Waals surface area contributed by atoms with Crippen LogP contribution >= 0.6 is 11.5 Å². The molecule has 0 radical (unpaired) electrons. The third kappa shape index (κ3) is 4.24. The van der Waals surface area contributed by atoms with Gasteiger partial charge in [0.1, 0.15) is 0 Å². The van der Waals surface area contributed by atoms with Crippen molar-refractivity contribution in [1.82, 2.24) is 9.36 Å². The van der Waals surface area contributed by atoms with Gasteiger partial charge in [0.15, 0.2) is 4.90 Å². The number of hydrogen-bond acceptors (Lipinski definition) is 8. The van der Waals surface area contributed by atoms with E-state index in [4.69, 9.17) is 0 Å². The summed E-state index contributed by atoms with van der Waals surface area (Å²) in [6.07, 6.45) is 0. The van der Waals surface area contributed by atoms with Crippen LogP contribution in [-0.2, 0) is 10.0 Å². The van der Waals surface area contributed by atoms with E-state index >= 15 is 0 Å². The highest BCUT2D eigenvalue weighted by molar-refractivity contribution is 7.92. The van der Waals surface area contributed by atoms with Crippen LogP contribution < -0.4 is 10.0 Å². The third-order valence-corrected chi connectivity index (χ3v) is 5.27. The summed E-state index contributed by atoms with van der Waals surface area (Å²) in [5, 5.41) is 13.6. The number of hydrogen-bond donors (Lipinski definition) is 2. The molecule has 1 amide bonds. The number of rotatable bonds is 6. The summed E-state index contributed by atoms with van der Waals surface area (Å²) in [6.45, 7) is 0. The Morgan fingerprint density at radius 3 is 2.44 bits per heavy atom. The highest BCUT2D eigenvalue weighted by atomic mass is 32.2. The maximum atomic E-state index is 12.4. The van der Waals surface area contributed by atoms with Crippen molar-refractivity contribution in [2.75, 3.05) is 10.0 Å². The molecule has 0 spiro atoms. The number of amides is 1. The first kappa shape index (κ1) is 18.4. The van der Waals surface area contributed by atoms with E-state index in [0.29, 0.717) is 5.56 Å². The van der Waals surface area contributed by atoms with Gasteiger partial charge in [-0.3, -0.25) is 20.2 Å². The number of carbonyl (C=O) groups excluding carboxylic acids is 1. The summed E-state index contributed by atoms with van der Waals surface area (Å²) >= 11 is 0.765. The molecule has 0 unspecified atom stereocenters. The number of sulfonamides is 1. The lowest BCUT2D eigenvalue weighted by molar-refractivity contribution is -0.387. The van der Waals surface area contributed by atoms with E-state index in [1.54, 1.807) is 30.3 Å². The largest absolute Gasteiger partial charge is 0.297 e. The lowest BCUT2D eigenvalue weighted by Gasteiger charge is -2.05. The van der Waals surface area contributed by atoms with Crippen molar-refractivity contribution >= 4 is 44.2 Å². The van der Waals surface area contributed by atoms with Gasteiger partial charge in [-0.25, -0.2) is 13.1 Å². The van der Waals surface area contributed by atoms with Gasteiger partial charge in [0.25, 0.3) is 27.6 Å². The molecule has 0 aliphatic heterocycles. The number of nitro groups is 1. The Balaban J connectivity index is 1.78. The van der Waals surface area contributed by atoms with Crippen LogP contribution in [0.5, 0.6) is 0 Å². The Hall–Kier alpha value is -3.38. The zero-order valence-corrected chi connectivity index (χ0v) is 15.0. The Bertz CT molecular complexity index is 1100. The van der Waals surface area contributed by atoms with Crippen LogP contribution in [-0.4, -0.2) is 28.6 Å². The molecule has 0 bridgehead atoms. The van der Waals surface area contributed by atoms with Crippen molar-refractivity contribution in [3.63, 3.8) is 0 Å². The fraction of sp³-hybridized carbons (Fsp3) is 0. The Labute approximate surface area is 157 Å². The van der Waals surface area contributed by atoms with Crippen LogP contribution in [0.3, 0.4) is 0 Å². The molecule has 138 valence electrons. The smallest absolute Gasteiger partial charge is 0.289 e. The van der Waals surface area contributed by atoms with Crippen LogP contribution in [0, 0.1) is 10.1 Å². The molecule has 1 heterocycles. The van der Waals surface area contributed by atoms with Gasteiger partial charge in [-0.1, -0.05) is 30.3 Å². The SMILES string of the molecule is O=C(Nc1nc(NS(=O)(=O)c2ccccc2[N+](=O)[O-])ns1)c1ccccc1. The Kier molecular flexibility index (Phi) is 5.09. The van der Waals surface area contributed by atoms with Crippen LogP contribution in [0.25, 0.3) is 0 Å². The van der Waals surface area contributed by atoms with Gasteiger partial charge in [-0.05, 0) is 18.2 Å². The molecule has 0 aliphatic carbocycles. The number of para-hydroxylation sites is 1. The van der Waals surface area contributed by atoms with Crippen LogP contribution in [0.2, 0.25) is 0 Å². The standard InChI is InChI=1S/C15H11N5O5S2/c21-13(10-6-2-1-3-7-10)16-15-17-14(18-26-15)19-27(24,25)12-9-5-4-8-11(12)20(22)23/h1-9H,(H2,16,17,18,19,21). The summed E-state index contributed by atoms with van der Waals surface area (Å²) in [4.78, 5) is 25.6. The zero-order chi connectivity index (χ0) is 19.4. The monoisotopic (exact) mass is 405 g/mol. The molecule has 27 heavy (non-hydrogen) atoms. The molecule has 0 fully saturated rings. The molecule has 3 rings (SSSR count). The molecule has 2 N–H and O–H groups in total. The third-order valence-electron chi connectivity index (χ3n) is 3.26. The highest BCUT2D eigenvalue weighted by Gasteiger charge is 2.26. The number of anilines is 2. The molecular weight excluding hydrogens is 394 g/mol. The highest BCUT2D eigenvalue weighted by Crippen LogP contribution is 2.25. The summed E-state index contributed by atoms with van der Waals surface area (Å²) in [5.41, 5.74) is -0.174. The first-order chi connectivity index (χ1) is 12.9. The van der Waals surface area contributed by atoms with E-state index in [9.17, 15) is 23.3 Å². The molecular formula is C15H11N5O5S2. The van der Waals surface area contributed by atoms with Gasteiger partial charge >= 0.3 is 0 Å². The fourth-order valence-corrected chi connectivity index (χ4v) is 3.78. The first-order valence-corrected chi connectivity index (χ1v) is 9.59. The van der Waals surface area contributed by atoms with Gasteiger partial charge in [-0.15, -0.1) is 0 Å². The Morgan fingerprint density at radius 1 is 1.07 bits per heavy atom. The van der Waals surface area contributed by atoms with Crippen LogP contribution in [0.4, 0.5) is 16.8 Å². The lowest BCUT2D eigenvalue weighted by Crippen LogP contribution is -2.16. The van der Waals surface area contributed by atoms with Crippen LogP contribution in [0.15, 0.2) is 59.5 Å². The summed E-state index contributed by atoms with van der Waals surface area (Å²) < 4.78 is 30.7. The van der Waals surface area contributed by atoms with Crippen molar-refractivity contribution < 1.29 is 18.1 Å². The molecule has 2 aromatic carbocycles. The minimum absolute atomic E-state index is 0.0733. The second-order valence-corrected chi connectivity index (χ2v) is 7.48. The van der Waals surface area contributed by atoms with Crippen molar-refractivity contribution in [2.24, 2.45) is 0 Å². The van der Waals surface area contributed by atoms with Gasteiger partial charge in [-0.2, -0.15) is 9.36 Å². The van der Waals surface area contributed by atoms with E-state index in [2.05, 4.69) is 19.4 Å². The molecule has 12 heteroatoms. The second-order valence-electron chi connectivity index (χ2n) is 5.07. The van der Waals surface area contributed by atoms with Gasteiger partial charge in [0.05, 0.1) is 4.92 Å². The van der Waals surface area contributed by atoms with Crippen molar-refractivity contribution in [3.05, 3.63) is 70.3 Å². The average molecular weight is 405 g/mol. The molecule has 0 saturated heterocycles. The number of carbonyl (C=O) groups is 1. The van der Waals surface area contributed by atoms with Gasteiger partial charge in [0, 0.05) is 23.2 Å². The average Bonchev–Trinajstić information content (AvgIpc) is 3.08. The topological polar surface area (TPSA) is 144 Å². The second kappa shape index (κ2) is 7.47. The predicted molar refractivity (Wildman–Crippen MR) is 98.2 cm³/mol. The predicted octanol–water partition coefficient (Wildman–Crippen LogP) is 2.50. The van der Waals surface area contributed by atoms with Crippen molar-refractivity contribution in [1.29, 1.82) is 0 Å². The minimum atomic E-state index is -4.28. The van der Waals surface area contributed by atoms with Crippen LogP contribution in [0.1, 0.15) is 10.4 Å². The molecule has 0 aliphatic rings. The number of nitrogens with zero attached hydrogens (tertiary/aromatic N) is 3. The maximum Gasteiger partial charge on any atom is 0.289 e. The summed E-state index contributed by atoms with van der Waals surface area (Å²) in [6, 6.07) is 13.3. The summed E-state index contributed by atoms with van der Waals surface area (Å²) in [5.74, 6) is -0.735. The number of nitro benzene ring substituents is 1. The van der Waals surface area contributed by atoms with E-state index < -0.39 is 31.4 Å². The first-order valence-electron chi connectivity index (χ1n) is 7.33. The fourth-order valence-electron chi connectivity index (χ4n) is 2.08. The van der Waals surface area contributed by atoms with Crippen molar-refractivity contribution in [2.45, 2.75) is 4.90 Å². The zero-order valence-electron chi connectivity index (χ0n) is 13.4. The number of nitrogens with one attached hydrogen (secondary N) is 2. The molecule has 3 aromatic rings. The normalized spacial score (nSPS) is 11.0. The lowest BCUT2D eigenvalue weighted by atomic mass is 10.2. The van der Waals surface area contributed by atoms with E-state index in [1.807, 2.05) is 0 Å². The molecule has 10 nitrogen and oxygen atoms in total. The summed E-state index contributed by atoms with van der Waals surface area (Å²) in [7, 11) is -4.28. The number of benzene rings is 2. The maximum absolute atomic E-state index is 12.4. The molecule has 1 aromatic heterocycles. The van der Waals surface area contributed by atoms with Crippen molar-refractivity contribution in [3.8, 4) is 0 Å². The molecule has 0 atom stereocenters. The van der Waals surface area contributed by atoms with Gasteiger partial charge in [0.2, 0.25) is 5.13 Å². The Morgan fingerprint density at radius 2 is 1.74 bits per heavy atom. The number of aromatic nitrogens is 2. The van der Waals surface area contributed by atoms with E-state index in [-0.39, 0.29) is 11.1 Å². The molecule has 0 saturated carbocycles. The van der Waals surface area contributed by atoms with E-state index in [1.165, 1.54) is 12.1 Å². The quantitative estimate of drug-likeness (QED) is 0.473.